The Bertz CT molecular complexity index is 642. The first-order valence-electron chi connectivity index (χ1n) is 7.52. The summed E-state index contributed by atoms with van der Waals surface area (Å²) in [5.74, 6) is 0.169. The number of nitrogens with one attached hydrogen (secondary N) is 1. The summed E-state index contributed by atoms with van der Waals surface area (Å²) in [6.07, 6.45) is 1.96. The Morgan fingerprint density at radius 2 is 2.14 bits per heavy atom. The van der Waals surface area contributed by atoms with Crippen LogP contribution in [-0.2, 0) is 38.5 Å². The fourth-order valence-corrected chi connectivity index (χ4v) is 3.37. The topological polar surface area (TPSA) is 77.5 Å². The number of fused-ring (bicyclic) bond motifs is 3. The molecule has 1 aromatic heterocycles. The van der Waals surface area contributed by atoms with Crippen LogP contribution in [0, 0.1) is 5.92 Å². The molecular formula is C16H20N2O4. The van der Waals surface area contributed by atoms with Crippen molar-refractivity contribution < 1.29 is 19.1 Å². The zero-order chi connectivity index (χ0) is 15.9. The van der Waals surface area contributed by atoms with Gasteiger partial charge in [0.25, 0.3) is 0 Å². The van der Waals surface area contributed by atoms with Gasteiger partial charge in [-0.2, -0.15) is 0 Å². The van der Waals surface area contributed by atoms with Gasteiger partial charge in [0.15, 0.2) is 0 Å². The van der Waals surface area contributed by atoms with Gasteiger partial charge < -0.3 is 14.8 Å². The van der Waals surface area contributed by atoms with E-state index in [1.165, 1.54) is 14.0 Å². The zero-order valence-electron chi connectivity index (χ0n) is 13.1. The van der Waals surface area contributed by atoms with Crippen molar-refractivity contribution in [2.75, 3.05) is 12.4 Å². The lowest BCUT2D eigenvalue weighted by molar-refractivity contribution is -0.145. The first-order chi connectivity index (χ1) is 10.5. The van der Waals surface area contributed by atoms with Gasteiger partial charge in [0, 0.05) is 18.2 Å². The number of esters is 1. The molecule has 3 rings (SSSR count). The van der Waals surface area contributed by atoms with Crippen LogP contribution in [0.1, 0.15) is 48.8 Å². The molecule has 0 aromatic carbocycles. The number of hydrogen-bond acceptors (Lipinski definition) is 5. The summed E-state index contributed by atoms with van der Waals surface area (Å²) in [5, 5.41) is 2.81. The van der Waals surface area contributed by atoms with E-state index >= 15 is 0 Å². The van der Waals surface area contributed by atoms with Crippen molar-refractivity contribution >= 4 is 17.7 Å². The molecule has 0 fully saturated rings. The van der Waals surface area contributed by atoms with Gasteiger partial charge in [-0.3, -0.25) is 9.59 Å². The van der Waals surface area contributed by atoms with Crippen molar-refractivity contribution in [1.82, 2.24) is 4.98 Å². The van der Waals surface area contributed by atoms with Crippen LogP contribution in [-0.4, -0.2) is 24.0 Å². The standard InChI is InChI=1S/C16H20N2O4/c1-8-14-12(7-22-8)11-6-10(16(20)21-3)4-5-13(11)18-15(14)17-9(2)19/h8,10H,4-7H2,1-3H3,(H,17,18,19)/t8-,10-/m1/s1. The Morgan fingerprint density at radius 3 is 2.82 bits per heavy atom. The van der Waals surface area contributed by atoms with Crippen LogP contribution in [0.3, 0.4) is 0 Å². The summed E-state index contributed by atoms with van der Waals surface area (Å²) in [6, 6.07) is 0. The number of carbonyl (C=O) groups is 2. The second-order valence-electron chi connectivity index (χ2n) is 5.88. The van der Waals surface area contributed by atoms with E-state index in [1.54, 1.807) is 0 Å². The third-order valence-corrected chi connectivity index (χ3v) is 4.43. The minimum atomic E-state index is -0.169. The van der Waals surface area contributed by atoms with Crippen molar-refractivity contribution in [1.29, 1.82) is 0 Å². The van der Waals surface area contributed by atoms with Gasteiger partial charge in [-0.05, 0) is 37.3 Å². The Balaban J connectivity index is 2.04. The Kier molecular flexibility index (Phi) is 3.87. The van der Waals surface area contributed by atoms with Gasteiger partial charge >= 0.3 is 5.97 Å². The summed E-state index contributed by atoms with van der Waals surface area (Å²) < 4.78 is 10.6. The number of ether oxygens (including phenoxy) is 2. The lowest BCUT2D eigenvalue weighted by Crippen LogP contribution is -2.26. The van der Waals surface area contributed by atoms with Crippen LogP contribution in [0.15, 0.2) is 0 Å². The Hall–Kier alpha value is -1.95. The minimum absolute atomic E-state index is 0.104. The summed E-state index contributed by atoms with van der Waals surface area (Å²) in [7, 11) is 1.42. The second-order valence-corrected chi connectivity index (χ2v) is 5.88. The van der Waals surface area contributed by atoms with Crippen LogP contribution in [0.2, 0.25) is 0 Å². The van der Waals surface area contributed by atoms with Gasteiger partial charge in [0.05, 0.1) is 25.7 Å². The summed E-state index contributed by atoms with van der Waals surface area (Å²) in [5.41, 5.74) is 4.07. The van der Waals surface area contributed by atoms with Crippen LogP contribution in [0.25, 0.3) is 0 Å². The number of pyridine rings is 1. The molecule has 1 aliphatic heterocycles. The van der Waals surface area contributed by atoms with E-state index in [9.17, 15) is 9.59 Å². The Morgan fingerprint density at radius 1 is 1.36 bits per heavy atom. The molecule has 2 aliphatic rings. The van der Waals surface area contributed by atoms with E-state index in [-0.39, 0.29) is 23.9 Å². The molecule has 1 N–H and O–H groups in total. The lowest BCUT2D eigenvalue weighted by Gasteiger charge is -2.25. The average molecular weight is 304 g/mol. The molecule has 1 aromatic rings. The van der Waals surface area contributed by atoms with Crippen LogP contribution in [0.4, 0.5) is 5.82 Å². The molecule has 6 nitrogen and oxygen atoms in total. The van der Waals surface area contributed by atoms with E-state index in [4.69, 9.17) is 9.47 Å². The number of aromatic nitrogens is 1. The summed E-state index contributed by atoms with van der Waals surface area (Å²) >= 11 is 0. The van der Waals surface area contributed by atoms with E-state index in [0.29, 0.717) is 25.3 Å². The van der Waals surface area contributed by atoms with E-state index in [2.05, 4.69) is 10.3 Å². The van der Waals surface area contributed by atoms with Crippen molar-refractivity contribution in [2.24, 2.45) is 5.92 Å². The predicted molar refractivity (Wildman–Crippen MR) is 79.3 cm³/mol. The monoisotopic (exact) mass is 304 g/mol. The number of aryl methyl sites for hydroxylation is 1. The smallest absolute Gasteiger partial charge is 0.309 e. The molecule has 0 saturated heterocycles. The molecular weight excluding hydrogens is 284 g/mol. The molecule has 2 heterocycles. The van der Waals surface area contributed by atoms with Gasteiger partial charge in [0.2, 0.25) is 5.91 Å². The molecule has 0 spiro atoms. The molecule has 2 atom stereocenters. The minimum Gasteiger partial charge on any atom is -0.469 e. The molecule has 22 heavy (non-hydrogen) atoms. The molecule has 6 heteroatoms. The molecule has 0 saturated carbocycles. The van der Waals surface area contributed by atoms with Crippen LogP contribution in [0.5, 0.6) is 0 Å². The number of rotatable bonds is 2. The zero-order valence-corrected chi connectivity index (χ0v) is 13.1. The lowest BCUT2D eigenvalue weighted by atomic mass is 9.83. The second kappa shape index (κ2) is 5.68. The van der Waals surface area contributed by atoms with Gasteiger partial charge in [0.1, 0.15) is 5.82 Å². The highest BCUT2D eigenvalue weighted by Crippen LogP contribution is 2.41. The van der Waals surface area contributed by atoms with Gasteiger partial charge in [-0.15, -0.1) is 0 Å². The fourth-order valence-electron chi connectivity index (χ4n) is 3.37. The van der Waals surface area contributed by atoms with E-state index in [1.807, 2.05) is 6.92 Å². The largest absolute Gasteiger partial charge is 0.469 e. The van der Waals surface area contributed by atoms with E-state index < -0.39 is 0 Å². The first-order valence-corrected chi connectivity index (χ1v) is 7.52. The number of carbonyl (C=O) groups excluding carboxylic acids is 2. The Labute approximate surface area is 129 Å². The molecule has 118 valence electrons. The first kappa shape index (κ1) is 15.0. The normalized spacial score (nSPS) is 22.7. The maximum atomic E-state index is 11.8. The van der Waals surface area contributed by atoms with E-state index in [0.717, 1.165) is 28.8 Å². The van der Waals surface area contributed by atoms with Crippen molar-refractivity contribution in [3.05, 3.63) is 22.4 Å². The highest BCUT2D eigenvalue weighted by molar-refractivity contribution is 5.89. The number of methoxy groups -OCH3 is 1. The van der Waals surface area contributed by atoms with Crippen molar-refractivity contribution in [2.45, 2.75) is 45.8 Å². The highest BCUT2D eigenvalue weighted by Gasteiger charge is 2.34. The number of amides is 1. The summed E-state index contributed by atoms with van der Waals surface area (Å²) in [4.78, 5) is 27.9. The maximum Gasteiger partial charge on any atom is 0.309 e. The molecule has 0 radical (unpaired) electrons. The van der Waals surface area contributed by atoms with Crippen molar-refractivity contribution in [3.8, 4) is 0 Å². The molecule has 1 aliphatic carbocycles. The number of hydrogen-bond donors (Lipinski definition) is 1. The molecule has 0 unspecified atom stereocenters. The van der Waals surface area contributed by atoms with Crippen LogP contribution >= 0.6 is 0 Å². The van der Waals surface area contributed by atoms with Gasteiger partial charge in [-0.25, -0.2) is 4.98 Å². The third-order valence-electron chi connectivity index (χ3n) is 4.43. The maximum absolute atomic E-state index is 11.8. The SMILES string of the molecule is COC(=O)[C@@H]1CCc2nc(NC(C)=O)c3c(c2C1)CO[C@@H]3C. The van der Waals surface area contributed by atoms with Gasteiger partial charge in [-0.1, -0.05) is 0 Å². The highest BCUT2D eigenvalue weighted by atomic mass is 16.5. The number of anilines is 1. The molecule has 0 bridgehead atoms. The third kappa shape index (κ3) is 2.47. The summed E-state index contributed by atoms with van der Waals surface area (Å²) in [6.45, 7) is 3.93. The van der Waals surface area contributed by atoms with Crippen molar-refractivity contribution in [3.63, 3.8) is 0 Å². The molecule has 1 amide bonds. The fraction of sp³-hybridized carbons (Fsp3) is 0.562. The average Bonchev–Trinajstić information content (AvgIpc) is 2.88. The van der Waals surface area contributed by atoms with Crippen LogP contribution < -0.4 is 5.32 Å². The predicted octanol–water partition coefficient (Wildman–Crippen LogP) is 1.91. The quantitative estimate of drug-likeness (QED) is 0.845. The number of nitrogens with zero attached hydrogens (tertiary/aromatic N) is 1.